The molecule has 4 N–H and O–H groups in total. The molecule has 0 saturated heterocycles. The Morgan fingerprint density at radius 1 is 1.62 bits per heavy atom. The van der Waals surface area contributed by atoms with Crippen LogP contribution in [0.25, 0.3) is 0 Å². The number of hydrogen-bond acceptors (Lipinski definition) is 3. The SMILES string of the molecule is CCC(Oc1c(N)cc(F)cc1Br)C(N)=O. The summed E-state index contributed by atoms with van der Waals surface area (Å²) in [6.07, 6.45) is -0.359. The number of benzene rings is 1. The molecule has 1 rings (SSSR count). The zero-order valence-corrected chi connectivity index (χ0v) is 10.3. The van der Waals surface area contributed by atoms with Gasteiger partial charge in [-0.05, 0) is 28.4 Å². The lowest BCUT2D eigenvalue weighted by molar-refractivity contribution is -0.124. The van der Waals surface area contributed by atoms with E-state index in [-0.39, 0.29) is 11.4 Å². The first-order chi connectivity index (χ1) is 7.45. The summed E-state index contributed by atoms with van der Waals surface area (Å²) in [5, 5.41) is 0. The highest BCUT2D eigenvalue weighted by molar-refractivity contribution is 9.10. The van der Waals surface area contributed by atoms with E-state index in [1.807, 2.05) is 0 Å². The van der Waals surface area contributed by atoms with E-state index in [0.29, 0.717) is 10.9 Å². The number of nitrogens with two attached hydrogens (primary N) is 2. The van der Waals surface area contributed by atoms with Crippen molar-refractivity contribution in [1.82, 2.24) is 0 Å². The monoisotopic (exact) mass is 290 g/mol. The number of ether oxygens (including phenoxy) is 1. The molecule has 0 fully saturated rings. The molecule has 1 aromatic carbocycles. The van der Waals surface area contributed by atoms with Crippen molar-refractivity contribution in [3.05, 3.63) is 22.4 Å². The zero-order valence-electron chi connectivity index (χ0n) is 8.67. The fourth-order valence-corrected chi connectivity index (χ4v) is 1.73. The van der Waals surface area contributed by atoms with Gasteiger partial charge in [0.1, 0.15) is 5.82 Å². The molecular weight excluding hydrogens is 279 g/mol. The van der Waals surface area contributed by atoms with Gasteiger partial charge in [-0.25, -0.2) is 4.39 Å². The maximum absolute atomic E-state index is 12.9. The maximum Gasteiger partial charge on any atom is 0.258 e. The van der Waals surface area contributed by atoms with E-state index in [1.165, 1.54) is 6.07 Å². The van der Waals surface area contributed by atoms with Gasteiger partial charge in [0, 0.05) is 6.07 Å². The van der Waals surface area contributed by atoms with Crippen LogP contribution in [0, 0.1) is 5.82 Å². The fraction of sp³-hybridized carbons (Fsp3) is 0.300. The van der Waals surface area contributed by atoms with Crippen LogP contribution in [0.1, 0.15) is 13.3 Å². The molecule has 1 atom stereocenters. The van der Waals surface area contributed by atoms with E-state index in [9.17, 15) is 9.18 Å². The summed E-state index contributed by atoms with van der Waals surface area (Å²) in [5.74, 6) is -0.839. The van der Waals surface area contributed by atoms with Crippen molar-refractivity contribution in [3.8, 4) is 5.75 Å². The molecular formula is C10H12BrFN2O2. The van der Waals surface area contributed by atoms with Gasteiger partial charge in [0.15, 0.2) is 11.9 Å². The highest BCUT2D eigenvalue weighted by Crippen LogP contribution is 2.33. The van der Waals surface area contributed by atoms with Crippen molar-refractivity contribution in [1.29, 1.82) is 0 Å². The molecule has 0 bridgehead atoms. The number of hydrogen-bond donors (Lipinski definition) is 2. The van der Waals surface area contributed by atoms with Crippen LogP contribution < -0.4 is 16.2 Å². The molecule has 0 radical (unpaired) electrons. The molecule has 1 aromatic rings. The van der Waals surface area contributed by atoms with Crippen molar-refractivity contribution >= 4 is 27.5 Å². The van der Waals surface area contributed by atoms with Crippen LogP contribution in [0.15, 0.2) is 16.6 Å². The first kappa shape index (κ1) is 12.8. The Bertz CT molecular complexity index is 389. The Kier molecular flexibility index (Phi) is 4.12. The third kappa shape index (κ3) is 2.85. The van der Waals surface area contributed by atoms with Crippen LogP contribution in [0.5, 0.6) is 5.75 Å². The second-order valence-corrected chi connectivity index (χ2v) is 4.08. The van der Waals surface area contributed by atoms with Gasteiger partial charge in [-0.1, -0.05) is 6.92 Å². The summed E-state index contributed by atoms with van der Waals surface area (Å²) < 4.78 is 18.6. The van der Waals surface area contributed by atoms with Gasteiger partial charge in [-0.2, -0.15) is 0 Å². The topological polar surface area (TPSA) is 78.3 Å². The highest BCUT2D eigenvalue weighted by Gasteiger charge is 2.18. The van der Waals surface area contributed by atoms with Gasteiger partial charge in [-0.3, -0.25) is 4.79 Å². The molecule has 0 saturated carbocycles. The Morgan fingerprint density at radius 3 is 2.69 bits per heavy atom. The minimum absolute atomic E-state index is 0.117. The zero-order chi connectivity index (χ0) is 12.3. The number of anilines is 1. The fourth-order valence-electron chi connectivity index (χ4n) is 1.19. The average molecular weight is 291 g/mol. The van der Waals surface area contributed by atoms with Crippen LogP contribution in [0.3, 0.4) is 0 Å². The number of primary amides is 1. The Balaban J connectivity index is 3.01. The molecule has 0 aliphatic heterocycles. The van der Waals surface area contributed by atoms with Crippen molar-refractivity contribution in [2.24, 2.45) is 5.73 Å². The molecule has 1 amide bonds. The van der Waals surface area contributed by atoms with Crippen LogP contribution in [-0.4, -0.2) is 12.0 Å². The molecule has 0 aromatic heterocycles. The van der Waals surface area contributed by atoms with Crippen LogP contribution in [0.4, 0.5) is 10.1 Å². The van der Waals surface area contributed by atoms with Gasteiger partial charge in [0.05, 0.1) is 10.2 Å². The normalized spacial score (nSPS) is 12.2. The van der Waals surface area contributed by atoms with Crippen molar-refractivity contribution < 1.29 is 13.9 Å². The van der Waals surface area contributed by atoms with Gasteiger partial charge >= 0.3 is 0 Å². The lowest BCUT2D eigenvalue weighted by Crippen LogP contribution is -2.33. The van der Waals surface area contributed by atoms with E-state index in [4.69, 9.17) is 16.2 Å². The van der Waals surface area contributed by atoms with Gasteiger partial charge in [0.25, 0.3) is 5.91 Å². The minimum atomic E-state index is -0.774. The molecule has 6 heteroatoms. The molecule has 88 valence electrons. The first-order valence-electron chi connectivity index (χ1n) is 4.66. The summed E-state index contributed by atoms with van der Waals surface area (Å²) >= 11 is 3.11. The van der Waals surface area contributed by atoms with E-state index < -0.39 is 17.8 Å². The van der Waals surface area contributed by atoms with Crippen LogP contribution >= 0.6 is 15.9 Å². The number of carbonyl (C=O) groups excluding carboxylic acids is 1. The summed E-state index contributed by atoms with van der Waals surface area (Å²) in [7, 11) is 0. The predicted octanol–water partition coefficient (Wildman–Crippen LogP) is 1.81. The summed E-state index contributed by atoms with van der Waals surface area (Å²) in [5.41, 5.74) is 10.8. The molecule has 1 unspecified atom stereocenters. The maximum atomic E-state index is 12.9. The number of amides is 1. The molecule has 0 heterocycles. The number of rotatable bonds is 4. The van der Waals surface area contributed by atoms with E-state index >= 15 is 0 Å². The number of nitrogen functional groups attached to an aromatic ring is 1. The molecule has 0 aliphatic carbocycles. The second kappa shape index (κ2) is 5.16. The first-order valence-corrected chi connectivity index (χ1v) is 5.45. The third-order valence-electron chi connectivity index (χ3n) is 1.99. The van der Waals surface area contributed by atoms with E-state index in [1.54, 1.807) is 6.92 Å². The van der Waals surface area contributed by atoms with Gasteiger partial charge in [-0.15, -0.1) is 0 Å². The number of halogens is 2. The molecule has 16 heavy (non-hydrogen) atoms. The second-order valence-electron chi connectivity index (χ2n) is 3.22. The summed E-state index contributed by atoms with van der Waals surface area (Å²) in [6.45, 7) is 1.75. The molecule has 0 aliphatic rings. The quantitative estimate of drug-likeness (QED) is 0.830. The van der Waals surface area contributed by atoms with E-state index in [0.717, 1.165) is 6.07 Å². The van der Waals surface area contributed by atoms with Gasteiger partial charge < -0.3 is 16.2 Å². The molecule has 4 nitrogen and oxygen atoms in total. The lowest BCUT2D eigenvalue weighted by atomic mass is 10.2. The largest absolute Gasteiger partial charge is 0.477 e. The summed E-state index contributed by atoms with van der Waals surface area (Å²) in [6, 6.07) is 2.33. The Hall–Kier alpha value is -1.30. The predicted molar refractivity (Wildman–Crippen MR) is 62.4 cm³/mol. The van der Waals surface area contributed by atoms with Gasteiger partial charge in [0.2, 0.25) is 0 Å². The van der Waals surface area contributed by atoms with Crippen molar-refractivity contribution in [2.75, 3.05) is 5.73 Å². The molecule has 0 spiro atoms. The third-order valence-corrected chi connectivity index (χ3v) is 2.57. The van der Waals surface area contributed by atoms with E-state index in [2.05, 4.69) is 15.9 Å². The Labute approximate surface area is 101 Å². The summed E-state index contributed by atoms with van der Waals surface area (Å²) in [4.78, 5) is 11.0. The van der Waals surface area contributed by atoms with Crippen molar-refractivity contribution in [3.63, 3.8) is 0 Å². The highest BCUT2D eigenvalue weighted by atomic mass is 79.9. The lowest BCUT2D eigenvalue weighted by Gasteiger charge is -2.16. The number of carbonyl (C=O) groups is 1. The minimum Gasteiger partial charge on any atom is -0.477 e. The average Bonchev–Trinajstić information content (AvgIpc) is 2.15. The van der Waals surface area contributed by atoms with Crippen molar-refractivity contribution in [2.45, 2.75) is 19.4 Å². The van der Waals surface area contributed by atoms with Crippen LogP contribution in [-0.2, 0) is 4.79 Å². The smallest absolute Gasteiger partial charge is 0.258 e. The van der Waals surface area contributed by atoms with Crippen LogP contribution in [0.2, 0.25) is 0 Å². The Morgan fingerprint density at radius 2 is 2.25 bits per heavy atom. The standard InChI is InChI=1S/C10H12BrFN2O2/c1-2-8(10(14)15)16-9-6(11)3-5(12)4-7(9)13/h3-4,8H,2,13H2,1H3,(H2,14,15).